The van der Waals surface area contributed by atoms with Crippen LogP contribution in [-0.4, -0.2) is 59.6 Å². The van der Waals surface area contributed by atoms with Crippen LogP contribution in [-0.2, 0) is 4.79 Å². The fourth-order valence-corrected chi connectivity index (χ4v) is 3.99. The monoisotopic (exact) mass is 418 g/mol. The van der Waals surface area contributed by atoms with Gasteiger partial charge in [0.15, 0.2) is 0 Å². The van der Waals surface area contributed by atoms with Gasteiger partial charge in [-0.15, -0.1) is 36.6 Å². The SMILES string of the molecule is Cl.Cl.O=C([C@H]1CSCN1)N1CCN(c2ncc(Cl)cc2Cl)CC1. The van der Waals surface area contributed by atoms with E-state index in [2.05, 4.69) is 15.2 Å². The van der Waals surface area contributed by atoms with Crippen LogP contribution in [0.1, 0.15) is 0 Å². The van der Waals surface area contributed by atoms with E-state index in [4.69, 9.17) is 23.2 Å². The van der Waals surface area contributed by atoms with Crippen LogP contribution in [0.5, 0.6) is 0 Å². The second-order valence-electron chi connectivity index (χ2n) is 5.04. The summed E-state index contributed by atoms with van der Waals surface area (Å²) in [5.74, 6) is 2.67. The maximum atomic E-state index is 12.3. The molecule has 2 saturated heterocycles. The van der Waals surface area contributed by atoms with Gasteiger partial charge < -0.3 is 9.80 Å². The molecule has 130 valence electrons. The number of carbonyl (C=O) groups excluding carboxylic acids is 1. The molecular formula is C13H18Cl4N4OS. The molecule has 1 amide bonds. The zero-order valence-corrected chi connectivity index (χ0v) is 16.2. The Morgan fingerprint density at radius 1 is 1.26 bits per heavy atom. The standard InChI is InChI=1S/C13H16Cl2N4OS.2ClH/c14-9-5-10(15)12(16-6-9)18-1-3-19(4-2-18)13(20)11-7-21-8-17-11;;/h5-6,11,17H,1-4,7-8H2;2*1H/t11-;;/m1../s1. The fraction of sp³-hybridized carbons (Fsp3) is 0.538. The van der Waals surface area contributed by atoms with Gasteiger partial charge in [0, 0.05) is 44.0 Å². The van der Waals surface area contributed by atoms with Gasteiger partial charge in [0.05, 0.1) is 16.1 Å². The number of anilines is 1. The third kappa shape index (κ3) is 4.94. The van der Waals surface area contributed by atoms with Crippen molar-refractivity contribution in [3.63, 3.8) is 0 Å². The highest BCUT2D eigenvalue weighted by atomic mass is 35.5. The van der Waals surface area contributed by atoms with E-state index in [1.165, 1.54) is 0 Å². The van der Waals surface area contributed by atoms with E-state index in [0.717, 1.165) is 30.5 Å². The minimum Gasteiger partial charge on any atom is -0.352 e. The molecule has 0 radical (unpaired) electrons. The lowest BCUT2D eigenvalue weighted by molar-refractivity contribution is -0.132. The van der Waals surface area contributed by atoms with E-state index in [-0.39, 0.29) is 36.8 Å². The molecule has 1 N–H and O–H groups in total. The summed E-state index contributed by atoms with van der Waals surface area (Å²) in [4.78, 5) is 20.6. The lowest BCUT2D eigenvalue weighted by Gasteiger charge is -2.36. The van der Waals surface area contributed by atoms with Gasteiger partial charge in [-0.2, -0.15) is 0 Å². The Bertz CT molecular complexity index is 537. The number of hydrogen-bond donors (Lipinski definition) is 1. The number of nitrogens with zero attached hydrogens (tertiary/aromatic N) is 3. The van der Waals surface area contributed by atoms with Gasteiger partial charge in [0.1, 0.15) is 5.82 Å². The summed E-state index contributed by atoms with van der Waals surface area (Å²) in [6, 6.07) is 1.67. The van der Waals surface area contributed by atoms with Crippen molar-refractivity contribution in [2.24, 2.45) is 0 Å². The minimum absolute atomic E-state index is 0. The molecule has 23 heavy (non-hydrogen) atoms. The molecule has 1 atom stereocenters. The summed E-state index contributed by atoms with van der Waals surface area (Å²) in [5, 5.41) is 4.30. The smallest absolute Gasteiger partial charge is 0.240 e. The van der Waals surface area contributed by atoms with Crippen molar-refractivity contribution < 1.29 is 4.79 Å². The number of rotatable bonds is 2. The van der Waals surface area contributed by atoms with Crippen molar-refractivity contribution in [3.05, 3.63) is 22.3 Å². The second kappa shape index (κ2) is 9.39. The molecule has 1 aromatic heterocycles. The van der Waals surface area contributed by atoms with Crippen molar-refractivity contribution in [2.45, 2.75) is 6.04 Å². The zero-order chi connectivity index (χ0) is 14.8. The first kappa shape index (κ1) is 20.9. The van der Waals surface area contributed by atoms with E-state index in [1.807, 2.05) is 4.90 Å². The van der Waals surface area contributed by atoms with E-state index in [1.54, 1.807) is 24.0 Å². The Balaban J connectivity index is 0.00000132. The molecule has 10 heteroatoms. The quantitative estimate of drug-likeness (QED) is 0.798. The average Bonchev–Trinajstić information content (AvgIpc) is 3.01. The van der Waals surface area contributed by atoms with Crippen LogP contribution >= 0.6 is 59.8 Å². The Morgan fingerprint density at radius 3 is 2.52 bits per heavy atom. The molecular weight excluding hydrogens is 402 g/mol. The van der Waals surface area contributed by atoms with E-state index >= 15 is 0 Å². The molecule has 0 aromatic carbocycles. The van der Waals surface area contributed by atoms with E-state index in [0.29, 0.717) is 23.1 Å². The Kier molecular flexibility index (Phi) is 8.55. The van der Waals surface area contributed by atoms with Crippen LogP contribution in [0.2, 0.25) is 10.0 Å². The molecule has 0 saturated carbocycles. The molecule has 2 aliphatic heterocycles. The number of piperazine rings is 1. The predicted octanol–water partition coefficient (Wildman–Crippen LogP) is 2.54. The first-order valence-electron chi connectivity index (χ1n) is 6.81. The number of pyridine rings is 1. The Labute approximate surface area is 162 Å². The summed E-state index contributed by atoms with van der Waals surface area (Å²) >= 11 is 13.8. The predicted molar refractivity (Wildman–Crippen MR) is 102 cm³/mol. The summed E-state index contributed by atoms with van der Waals surface area (Å²) < 4.78 is 0. The normalized spacial score (nSPS) is 20.7. The Hall–Kier alpha value is -0.110. The topological polar surface area (TPSA) is 48.5 Å². The fourth-order valence-electron chi connectivity index (χ4n) is 2.55. The second-order valence-corrected chi connectivity index (χ2v) is 6.92. The third-order valence-electron chi connectivity index (χ3n) is 3.69. The van der Waals surface area contributed by atoms with Gasteiger partial charge in [-0.05, 0) is 6.07 Å². The van der Waals surface area contributed by atoms with Gasteiger partial charge in [-0.25, -0.2) is 4.98 Å². The summed E-state index contributed by atoms with van der Waals surface area (Å²) in [6.45, 7) is 2.87. The van der Waals surface area contributed by atoms with Crippen molar-refractivity contribution >= 4 is 71.5 Å². The molecule has 5 nitrogen and oxygen atoms in total. The van der Waals surface area contributed by atoms with Crippen molar-refractivity contribution in [3.8, 4) is 0 Å². The molecule has 2 aliphatic rings. The lowest BCUT2D eigenvalue weighted by atomic mass is 10.2. The molecule has 0 bridgehead atoms. The number of thioether (sulfide) groups is 1. The van der Waals surface area contributed by atoms with E-state index in [9.17, 15) is 4.79 Å². The lowest BCUT2D eigenvalue weighted by Crippen LogP contribution is -2.53. The van der Waals surface area contributed by atoms with Gasteiger partial charge in [-0.3, -0.25) is 10.1 Å². The Morgan fingerprint density at radius 2 is 1.96 bits per heavy atom. The zero-order valence-electron chi connectivity index (χ0n) is 12.2. The summed E-state index contributed by atoms with van der Waals surface area (Å²) in [5.41, 5.74) is 0. The van der Waals surface area contributed by atoms with Crippen LogP contribution < -0.4 is 10.2 Å². The van der Waals surface area contributed by atoms with Gasteiger partial charge in [0.2, 0.25) is 5.91 Å². The van der Waals surface area contributed by atoms with Crippen LogP contribution in [0.25, 0.3) is 0 Å². The number of halogens is 4. The van der Waals surface area contributed by atoms with Crippen LogP contribution in [0, 0.1) is 0 Å². The van der Waals surface area contributed by atoms with Crippen molar-refractivity contribution in [1.82, 2.24) is 15.2 Å². The highest BCUT2D eigenvalue weighted by molar-refractivity contribution is 7.99. The first-order chi connectivity index (χ1) is 10.1. The maximum Gasteiger partial charge on any atom is 0.240 e. The number of hydrogen-bond acceptors (Lipinski definition) is 5. The molecule has 3 heterocycles. The van der Waals surface area contributed by atoms with Crippen LogP contribution in [0.15, 0.2) is 12.3 Å². The number of amides is 1. The van der Waals surface area contributed by atoms with Crippen molar-refractivity contribution in [1.29, 1.82) is 0 Å². The highest BCUT2D eigenvalue weighted by Crippen LogP contribution is 2.27. The number of nitrogens with one attached hydrogen (secondary N) is 1. The van der Waals surface area contributed by atoms with Gasteiger partial charge in [0.25, 0.3) is 0 Å². The average molecular weight is 420 g/mol. The minimum atomic E-state index is -0.0289. The summed E-state index contributed by atoms with van der Waals surface area (Å²) in [6.07, 6.45) is 1.60. The molecule has 0 aliphatic carbocycles. The number of carbonyl (C=O) groups is 1. The largest absolute Gasteiger partial charge is 0.352 e. The number of aromatic nitrogens is 1. The molecule has 3 rings (SSSR count). The van der Waals surface area contributed by atoms with Crippen LogP contribution in [0.4, 0.5) is 5.82 Å². The molecule has 0 spiro atoms. The third-order valence-corrected chi connectivity index (χ3v) is 5.12. The van der Waals surface area contributed by atoms with Crippen molar-refractivity contribution in [2.75, 3.05) is 42.7 Å². The molecule has 0 unspecified atom stereocenters. The van der Waals surface area contributed by atoms with Gasteiger partial charge in [-0.1, -0.05) is 23.2 Å². The molecule has 1 aromatic rings. The van der Waals surface area contributed by atoms with Gasteiger partial charge >= 0.3 is 0 Å². The van der Waals surface area contributed by atoms with Crippen LogP contribution in [0.3, 0.4) is 0 Å². The maximum absolute atomic E-state index is 12.3. The van der Waals surface area contributed by atoms with E-state index < -0.39 is 0 Å². The molecule has 2 fully saturated rings. The highest BCUT2D eigenvalue weighted by Gasteiger charge is 2.30. The summed E-state index contributed by atoms with van der Waals surface area (Å²) in [7, 11) is 0. The first-order valence-corrected chi connectivity index (χ1v) is 8.72.